The van der Waals surface area contributed by atoms with Crippen molar-refractivity contribution in [1.29, 1.82) is 0 Å². The molecule has 0 saturated carbocycles. The summed E-state index contributed by atoms with van der Waals surface area (Å²) >= 11 is 0. The van der Waals surface area contributed by atoms with Gasteiger partial charge in [0.25, 0.3) is 0 Å². The van der Waals surface area contributed by atoms with Crippen molar-refractivity contribution in [2.45, 2.75) is 6.04 Å². The highest BCUT2D eigenvalue weighted by atomic mass is 16.5. The van der Waals surface area contributed by atoms with Crippen LogP contribution >= 0.6 is 0 Å². The van der Waals surface area contributed by atoms with Gasteiger partial charge in [0.2, 0.25) is 0 Å². The predicted molar refractivity (Wildman–Crippen MR) is 38.5 cm³/mol. The monoisotopic (exact) mass is 146 g/mol. The molecule has 0 aliphatic carbocycles. The quantitative estimate of drug-likeness (QED) is 0.521. The normalized spacial score (nSPS) is 13.3. The van der Waals surface area contributed by atoms with E-state index in [-0.39, 0.29) is 5.97 Å². The average Bonchev–Trinajstić information content (AvgIpc) is 1.85. The number of nitrogens with two attached hydrogens (primary N) is 1. The Bertz CT molecular complexity index is 114. The minimum absolute atomic E-state index is 0.367. The Morgan fingerprint density at radius 1 is 1.70 bits per heavy atom. The Balaban J connectivity index is 3.61. The first-order valence-electron chi connectivity index (χ1n) is 3.06. The molecule has 60 valence electrons. The molecule has 0 heterocycles. The van der Waals surface area contributed by atoms with Crippen LogP contribution in [0.2, 0.25) is 0 Å². The number of hydrogen-bond acceptors (Lipinski definition) is 4. The molecule has 2 N–H and O–H groups in total. The minimum atomic E-state index is -0.528. The van der Waals surface area contributed by atoms with Crippen LogP contribution in [0.15, 0.2) is 0 Å². The van der Waals surface area contributed by atoms with Crippen molar-refractivity contribution in [3.63, 3.8) is 0 Å². The fraction of sp³-hybridized carbons (Fsp3) is 0.833. The van der Waals surface area contributed by atoms with E-state index >= 15 is 0 Å². The maximum absolute atomic E-state index is 10.7. The van der Waals surface area contributed by atoms with E-state index in [0.717, 1.165) is 0 Å². The second kappa shape index (κ2) is 4.24. The summed E-state index contributed by atoms with van der Waals surface area (Å²) < 4.78 is 4.42. The van der Waals surface area contributed by atoms with Gasteiger partial charge >= 0.3 is 5.97 Å². The lowest BCUT2D eigenvalue weighted by atomic mass is 10.3. The molecule has 4 nitrogen and oxygen atoms in total. The van der Waals surface area contributed by atoms with Gasteiger partial charge in [-0.3, -0.25) is 4.79 Å². The molecule has 0 aliphatic heterocycles. The molecular weight excluding hydrogens is 132 g/mol. The third kappa shape index (κ3) is 3.42. The number of nitrogens with zero attached hydrogens (tertiary/aromatic N) is 1. The molecule has 0 aromatic rings. The van der Waals surface area contributed by atoms with Crippen molar-refractivity contribution in [1.82, 2.24) is 4.90 Å². The van der Waals surface area contributed by atoms with E-state index in [0.29, 0.717) is 6.54 Å². The summed E-state index contributed by atoms with van der Waals surface area (Å²) in [7, 11) is 5.03. The van der Waals surface area contributed by atoms with E-state index < -0.39 is 6.04 Å². The van der Waals surface area contributed by atoms with Crippen molar-refractivity contribution in [3.8, 4) is 0 Å². The Morgan fingerprint density at radius 2 is 2.20 bits per heavy atom. The molecule has 0 amide bonds. The lowest BCUT2D eigenvalue weighted by Gasteiger charge is -2.13. The number of esters is 1. The van der Waals surface area contributed by atoms with Crippen molar-refractivity contribution in [2.75, 3.05) is 27.7 Å². The number of carbonyl (C=O) groups excluding carboxylic acids is 1. The Hall–Kier alpha value is -0.610. The second-order valence-electron chi connectivity index (χ2n) is 2.39. The summed E-state index contributed by atoms with van der Waals surface area (Å²) in [5.41, 5.74) is 5.41. The fourth-order valence-electron chi connectivity index (χ4n) is 0.619. The molecule has 1 atom stereocenters. The van der Waals surface area contributed by atoms with Crippen LogP contribution in [0, 0.1) is 0 Å². The topological polar surface area (TPSA) is 55.6 Å². The molecule has 4 heteroatoms. The molecule has 0 aromatic heterocycles. The van der Waals surface area contributed by atoms with Gasteiger partial charge in [-0.15, -0.1) is 0 Å². The molecule has 0 saturated heterocycles. The number of hydrogen-bond donors (Lipinski definition) is 1. The fourth-order valence-corrected chi connectivity index (χ4v) is 0.619. The van der Waals surface area contributed by atoms with E-state index in [2.05, 4.69) is 4.74 Å². The van der Waals surface area contributed by atoms with Gasteiger partial charge in [-0.25, -0.2) is 0 Å². The molecule has 0 spiro atoms. The van der Waals surface area contributed by atoms with Gasteiger partial charge in [0.05, 0.1) is 7.11 Å². The molecule has 0 fully saturated rings. The van der Waals surface area contributed by atoms with Gasteiger partial charge in [0.15, 0.2) is 0 Å². The van der Waals surface area contributed by atoms with E-state index in [1.165, 1.54) is 7.11 Å². The van der Waals surface area contributed by atoms with Crippen LogP contribution in [0.25, 0.3) is 0 Å². The zero-order valence-corrected chi connectivity index (χ0v) is 6.63. The van der Waals surface area contributed by atoms with E-state index in [1.54, 1.807) is 0 Å². The Labute approximate surface area is 60.9 Å². The Morgan fingerprint density at radius 3 is 2.50 bits per heavy atom. The van der Waals surface area contributed by atoms with Gasteiger partial charge in [0.1, 0.15) is 6.04 Å². The zero-order chi connectivity index (χ0) is 8.15. The SMILES string of the molecule is COC(=O)[C@H](N)CN(C)C. The summed E-state index contributed by atoms with van der Waals surface area (Å²) in [6.07, 6.45) is 0. The largest absolute Gasteiger partial charge is 0.468 e. The summed E-state index contributed by atoms with van der Waals surface area (Å²) in [5.74, 6) is -0.367. The third-order valence-electron chi connectivity index (χ3n) is 1.07. The number of carbonyl (C=O) groups is 1. The van der Waals surface area contributed by atoms with Gasteiger partial charge in [-0.2, -0.15) is 0 Å². The van der Waals surface area contributed by atoms with Crippen molar-refractivity contribution < 1.29 is 9.53 Å². The van der Waals surface area contributed by atoms with E-state index in [9.17, 15) is 4.79 Å². The van der Waals surface area contributed by atoms with Crippen molar-refractivity contribution in [2.24, 2.45) is 5.73 Å². The molecule has 0 bridgehead atoms. The van der Waals surface area contributed by atoms with Crippen LogP contribution in [0.3, 0.4) is 0 Å². The van der Waals surface area contributed by atoms with Crippen LogP contribution in [0.1, 0.15) is 0 Å². The lowest BCUT2D eigenvalue weighted by Crippen LogP contribution is -2.40. The zero-order valence-electron chi connectivity index (χ0n) is 6.63. The molecule has 0 rings (SSSR count). The van der Waals surface area contributed by atoms with Crippen LogP contribution in [-0.2, 0) is 9.53 Å². The van der Waals surface area contributed by atoms with Gasteiger partial charge in [-0.1, -0.05) is 0 Å². The first-order chi connectivity index (χ1) is 4.57. The molecule has 0 aromatic carbocycles. The highest BCUT2D eigenvalue weighted by molar-refractivity contribution is 5.75. The minimum Gasteiger partial charge on any atom is -0.468 e. The maximum Gasteiger partial charge on any atom is 0.323 e. The molecule has 10 heavy (non-hydrogen) atoms. The Kier molecular flexibility index (Phi) is 3.99. The van der Waals surface area contributed by atoms with Gasteiger partial charge in [-0.05, 0) is 14.1 Å². The first-order valence-corrected chi connectivity index (χ1v) is 3.06. The number of rotatable bonds is 3. The first kappa shape index (κ1) is 9.39. The van der Waals surface area contributed by atoms with Gasteiger partial charge in [0, 0.05) is 6.54 Å². The number of ether oxygens (including phenoxy) is 1. The molecule has 0 radical (unpaired) electrons. The molecule has 0 aliphatic rings. The number of likely N-dealkylation sites (N-methyl/N-ethyl adjacent to an activating group) is 1. The predicted octanol–water partition coefficient (Wildman–Crippen LogP) is -0.952. The summed E-state index contributed by atoms with van der Waals surface area (Å²) in [5, 5.41) is 0. The van der Waals surface area contributed by atoms with Crippen LogP contribution < -0.4 is 5.73 Å². The molecule has 0 unspecified atom stereocenters. The standard InChI is InChI=1S/C6H14N2O2/c1-8(2)4-5(7)6(9)10-3/h5H,4,7H2,1-3H3/t5-/m1/s1. The van der Waals surface area contributed by atoms with Crippen LogP contribution in [0.5, 0.6) is 0 Å². The number of methoxy groups -OCH3 is 1. The van der Waals surface area contributed by atoms with Gasteiger partial charge < -0.3 is 15.4 Å². The van der Waals surface area contributed by atoms with Crippen molar-refractivity contribution in [3.05, 3.63) is 0 Å². The smallest absolute Gasteiger partial charge is 0.323 e. The second-order valence-corrected chi connectivity index (χ2v) is 2.39. The lowest BCUT2D eigenvalue weighted by molar-refractivity contribution is -0.142. The highest BCUT2D eigenvalue weighted by Crippen LogP contribution is 1.85. The summed E-state index contributed by atoms with van der Waals surface area (Å²) in [6.45, 7) is 0.521. The van der Waals surface area contributed by atoms with Crippen LogP contribution in [0.4, 0.5) is 0 Å². The summed E-state index contributed by atoms with van der Waals surface area (Å²) in [4.78, 5) is 12.5. The van der Waals surface area contributed by atoms with Crippen LogP contribution in [-0.4, -0.2) is 44.7 Å². The third-order valence-corrected chi connectivity index (χ3v) is 1.07. The van der Waals surface area contributed by atoms with Crippen molar-refractivity contribution >= 4 is 5.97 Å². The average molecular weight is 146 g/mol. The van der Waals surface area contributed by atoms with E-state index in [4.69, 9.17) is 5.73 Å². The highest BCUT2D eigenvalue weighted by Gasteiger charge is 2.13. The maximum atomic E-state index is 10.7. The summed E-state index contributed by atoms with van der Waals surface area (Å²) in [6, 6.07) is -0.528. The van der Waals surface area contributed by atoms with E-state index in [1.807, 2.05) is 19.0 Å². The molecular formula is C6H14N2O2.